The van der Waals surface area contributed by atoms with Gasteiger partial charge in [-0.15, -0.1) is 0 Å². The Bertz CT molecular complexity index is 3120. The smallest absolute Gasteiger partial charge is 0.281 e. The fourth-order valence-corrected chi connectivity index (χ4v) is 8.17. The lowest BCUT2D eigenvalue weighted by Gasteiger charge is -2.30. The quantitative estimate of drug-likeness (QED) is 0.0731. The van der Waals surface area contributed by atoms with Crippen LogP contribution < -0.4 is 54.7 Å². The third-order valence-electron chi connectivity index (χ3n) is 10.9. The van der Waals surface area contributed by atoms with Gasteiger partial charge < -0.3 is 43.6 Å². The lowest BCUT2D eigenvalue weighted by atomic mass is 10.2. The molecule has 4 aromatic carbocycles. The molecule has 0 bridgehead atoms. The first kappa shape index (κ1) is 49.5. The van der Waals surface area contributed by atoms with Gasteiger partial charge in [0.15, 0.2) is 11.6 Å². The maximum absolute atomic E-state index is 13.8. The van der Waals surface area contributed by atoms with Crippen LogP contribution in [0.3, 0.4) is 0 Å². The van der Waals surface area contributed by atoms with E-state index in [2.05, 4.69) is 30.6 Å². The van der Waals surface area contributed by atoms with E-state index in [0.717, 1.165) is 11.1 Å². The van der Waals surface area contributed by atoms with Crippen LogP contribution in [0.2, 0.25) is 10.0 Å². The summed E-state index contributed by atoms with van der Waals surface area (Å²) < 4.78 is 3.00. The Morgan fingerprint density at radius 1 is 0.600 bits per heavy atom. The van der Waals surface area contributed by atoms with E-state index >= 15 is 0 Å². The number of nitriles is 2. The van der Waals surface area contributed by atoms with Crippen molar-refractivity contribution in [1.29, 1.82) is 10.5 Å². The van der Waals surface area contributed by atoms with Crippen molar-refractivity contribution in [2.75, 3.05) is 58.3 Å². The number of nitrogen functional groups attached to an aromatic ring is 2. The van der Waals surface area contributed by atoms with Crippen molar-refractivity contribution in [2.45, 2.75) is 39.0 Å². The standard InChI is InChI=1S/2C24H24ClN9O/c2*1-15(31-22-17(12-27)21(28)29-14-30-22)23-32-19-9-5-8-18(25)20(19)24(35)34(23)33(11-10-26)13-16-6-3-2-4-7-16/h2*2-9,14-15H,10-11,13,26H2,1H3,(H3,28,29,30,31)/t2*15-/m00/s1. The summed E-state index contributed by atoms with van der Waals surface area (Å²) in [6.07, 6.45) is 2.53. The van der Waals surface area contributed by atoms with Crippen LogP contribution >= 0.6 is 23.2 Å². The molecule has 0 fully saturated rings. The molecule has 10 N–H and O–H groups in total. The number of nitrogens with two attached hydrogens (primary N) is 4. The molecule has 4 aromatic heterocycles. The van der Waals surface area contributed by atoms with E-state index in [9.17, 15) is 20.1 Å². The molecule has 0 radical (unpaired) electrons. The van der Waals surface area contributed by atoms with Gasteiger partial charge in [-0.25, -0.2) is 39.3 Å². The van der Waals surface area contributed by atoms with Crippen molar-refractivity contribution >= 4 is 68.3 Å². The van der Waals surface area contributed by atoms with E-state index in [4.69, 9.17) is 56.1 Å². The molecule has 0 amide bonds. The summed E-state index contributed by atoms with van der Waals surface area (Å²) >= 11 is 12.8. The number of benzene rings is 4. The Morgan fingerprint density at radius 2 is 0.986 bits per heavy atom. The van der Waals surface area contributed by atoms with Gasteiger partial charge >= 0.3 is 0 Å². The Labute approximate surface area is 411 Å². The first-order chi connectivity index (χ1) is 33.9. The molecule has 4 heterocycles. The van der Waals surface area contributed by atoms with Crippen LogP contribution in [0.25, 0.3) is 21.8 Å². The fraction of sp³-hybridized carbons (Fsp3) is 0.208. The van der Waals surface area contributed by atoms with Crippen LogP contribution in [0.1, 0.15) is 59.8 Å². The molecule has 0 aliphatic rings. The fourth-order valence-electron chi connectivity index (χ4n) is 7.67. The Balaban J connectivity index is 0.000000206. The SMILES string of the molecule is C[C@H](Nc1ncnc(N)c1C#N)c1nc2cccc(Cl)c2c(=O)n1N(CCN)Cc1ccccc1.C[C@H](Nc1ncnc(N)c1C#N)c1nc2cccc(Cl)c2c(=O)n1N(CCN)Cc1ccccc1. The number of fused-ring (bicyclic) bond motifs is 2. The largest absolute Gasteiger partial charge is 0.382 e. The summed E-state index contributed by atoms with van der Waals surface area (Å²) in [5.41, 5.74) is 26.0. The number of hydrogen-bond acceptors (Lipinski definition) is 18. The number of rotatable bonds is 16. The van der Waals surface area contributed by atoms with Crippen LogP contribution in [0.5, 0.6) is 0 Å². The summed E-state index contributed by atoms with van der Waals surface area (Å²) in [6.45, 7) is 5.85. The molecule has 2 atom stereocenters. The van der Waals surface area contributed by atoms with Crippen LogP contribution in [0.4, 0.5) is 23.3 Å². The second-order valence-electron chi connectivity index (χ2n) is 15.7. The van der Waals surface area contributed by atoms with Gasteiger partial charge in [0.05, 0.1) is 57.0 Å². The van der Waals surface area contributed by atoms with E-state index in [1.54, 1.807) is 36.4 Å². The zero-order valence-electron chi connectivity index (χ0n) is 38.0. The van der Waals surface area contributed by atoms with Gasteiger partial charge in [-0.3, -0.25) is 9.59 Å². The molecule has 8 aromatic rings. The van der Waals surface area contributed by atoms with Gasteiger partial charge in [-0.05, 0) is 49.2 Å². The molecule has 20 nitrogen and oxygen atoms in total. The molecule has 22 heteroatoms. The summed E-state index contributed by atoms with van der Waals surface area (Å²) in [5, 5.41) is 30.3. The van der Waals surface area contributed by atoms with Gasteiger partial charge in [0, 0.05) is 26.2 Å². The van der Waals surface area contributed by atoms with E-state index in [0.29, 0.717) is 82.8 Å². The molecule has 0 unspecified atom stereocenters. The highest BCUT2D eigenvalue weighted by Gasteiger charge is 2.26. The Kier molecular flexibility index (Phi) is 16.0. The first-order valence-corrected chi connectivity index (χ1v) is 22.6. The average Bonchev–Trinajstić information content (AvgIpc) is 3.34. The zero-order valence-corrected chi connectivity index (χ0v) is 39.5. The van der Waals surface area contributed by atoms with Crippen molar-refractivity contribution in [2.24, 2.45) is 11.5 Å². The molecule has 356 valence electrons. The minimum Gasteiger partial charge on any atom is -0.382 e. The Morgan fingerprint density at radius 3 is 1.34 bits per heavy atom. The normalized spacial score (nSPS) is 11.7. The highest BCUT2D eigenvalue weighted by Crippen LogP contribution is 2.27. The number of hydrogen-bond donors (Lipinski definition) is 6. The van der Waals surface area contributed by atoms with Crippen molar-refractivity contribution < 1.29 is 0 Å². The van der Waals surface area contributed by atoms with Crippen LogP contribution in [0, 0.1) is 22.7 Å². The second-order valence-corrected chi connectivity index (χ2v) is 16.5. The lowest BCUT2D eigenvalue weighted by Crippen LogP contribution is -2.47. The monoisotopic (exact) mass is 978 g/mol. The molecule has 0 saturated heterocycles. The summed E-state index contributed by atoms with van der Waals surface area (Å²) in [7, 11) is 0. The van der Waals surface area contributed by atoms with E-state index < -0.39 is 12.1 Å². The Hall–Kier alpha value is -8.40. The highest BCUT2D eigenvalue weighted by atomic mass is 35.5. The maximum Gasteiger partial charge on any atom is 0.281 e. The van der Waals surface area contributed by atoms with E-state index in [1.165, 1.54) is 22.0 Å². The number of anilines is 4. The van der Waals surface area contributed by atoms with E-state index in [-0.39, 0.29) is 45.5 Å². The number of nitrogens with one attached hydrogen (secondary N) is 2. The van der Waals surface area contributed by atoms with Crippen molar-refractivity contribution in [3.8, 4) is 12.1 Å². The molecule has 0 spiro atoms. The topological polar surface area (TPSA) is 304 Å². The van der Waals surface area contributed by atoms with Crippen LogP contribution in [-0.2, 0) is 13.1 Å². The van der Waals surface area contributed by atoms with Gasteiger partial charge in [-0.1, -0.05) is 96.0 Å². The average molecular weight is 980 g/mol. The molecule has 0 saturated carbocycles. The second kappa shape index (κ2) is 22.6. The van der Waals surface area contributed by atoms with Crippen LogP contribution in [-0.4, -0.2) is 65.4 Å². The lowest BCUT2D eigenvalue weighted by molar-refractivity contribution is 0.523. The van der Waals surface area contributed by atoms with Crippen molar-refractivity contribution in [3.63, 3.8) is 0 Å². The maximum atomic E-state index is 13.8. The molecule has 0 aliphatic carbocycles. The molecule has 70 heavy (non-hydrogen) atoms. The third kappa shape index (κ3) is 10.8. The van der Waals surface area contributed by atoms with Crippen molar-refractivity contribution in [1.82, 2.24) is 39.3 Å². The van der Waals surface area contributed by atoms with Gasteiger partial charge in [0.2, 0.25) is 0 Å². The predicted octanol–water partition coefficient (Wildman–Crippen LogP) is 5.13. The minimum absolute atomic E-state index is 0.0571. The van der Waals surface area contributed by atoms with E-state index in [1.807, 2.05) is 96.7 Å². The number of halogens is 2. The molecule has 0 aliphatic heterocycles. The zero-order chi connectivity index (χ0) is 49.9. The molecular weight excluding hydrogens is 932 g/mol. The first-order valence-electron chi connectivity index (χ1n) is 21.8. The van der Waals surface area contributed by atoms with Crippen LogP contribution in [0.15, 0.2) is 119 Å². The third-order valence-corrected chi connectivity index (χ3v) is 11.5. The summed E-state index contributed by atoms with van der Waals surface area (Å²) in [5.74, 6) is 1.40. The number of aromatic nitrogens is 8. The minimum atomic E-state index is -0.552. The highest BCUT2D eigenvalue weighted by molar-refractivity contribution is 6.35. The summed E-state index contributed by atoms with van der Waals surface area (Å²) in [6, 6.07) is 32.7. The van der Waals surface area contributed by atoms with Gasteiger partial charge in [-0.2, -0.15) is 10.5 Å². The summed E-state index contributed by atoms with van der Waals surface area (Å²) in [4.78, 5) is 53.3. The predicted molar refractivity (Wildman–Crippen MR) is 273 cm³/mol. The van der Waals surface area contributed by atoms with Gasteiger partial charge in [0.1, 0.15) is 59.2 Å². The number of nitrogens with zero attached hydrogens (tertiary/aromatic N) is 12. The van der Waals surface area contributed by atoms with Crippen molar-refractivity contribution in [3.05, 3.63) is 174 Å². The molecule has 8 rings (SSSR count). The molecular formula is C48H48Cl2N18O2. The van der Waals surface area contributed by atoms with Gasteiger partial charge in [0.25, 0.3) is 11.1 Å².